The normalized spacial score (nSPS) is 19.1. The number of fused-ring (bicyclic) bond motifs is 1. The average Bonchev–Trinajstić information content (AvgIpc) is 3.35. The second-order valence-electron chi connectivity index (χ2n) is 6.31. The van der Waals surface area contributed by atoms with Crippen LogP contribution in [0.2, 0.25) is 0 Å². The molecule has 9 heteroatoms. The van der Waals surface area contributed by atoms with Gasteiger partial charge in [-0.1, -0.05) is 47.7 Å². The highest BCUT2D eigenvalue weighted by Gasteiger charge is 2.30. The molecule has 0 aliphatic carbocycles. The van der Waals surface area contributed by atoms with Crippen molar-refractivity contribution in [3.8, 4) is 0 Å². The first-order chi connectivity index (χ1) is 13.2. The Bertz CT molecular complexity index is 957. The topological polar surface area (TPSA) is 113 Å². The van der Waals surface area contributed by atoms with Crippen LogP contribution in [0.15, 0.2) is 54.6 Å². The molecule has 3 aromatic rings. The number of rotatable bonds is 4. The number of para-hydroxylation sites is 1. The lowest BCUT2D eigenvalue weighted by molar-refractivity contribution is -0.130. The monoisotopic (exact) mass is 365 g/mol. The minimum absolute atomic E-state index is 0.0379. The van der Waals surface area contributed by atoms with Crippen molar-refractivity contribution in [1.29, 1.82) is 0 Å². The lowest BCUT2D eigenvalue weighted by atomic mass is 10.0. The van der Waals surface area contributed by atoms with Crippen LogP contribution in [-0.4, -0.2) is 32.9 Å². The first-order valence-electron chi connectivity index (χ1n) is 8.63. The molecule has 0 bridgehead atoms. The highest BCUT2D eigenvalue weighted by molar-refractivity contribution is 5.86. The fraction of sp³-hybridized carbons (Fsp3) is 0.222. The fourth-order valence-corrected chi connectivity index (χ4v) is 3.06. The molecular formula is C18H19N7O2. The second-order valence-corrected chi connectivity index (χ2v) is 6.31. The Morgan fingerprint density at radius 3 is 2.67 bits per heavy atom. The smallest absolute Gasteiger partial charge is 0.260 e. The van der Waals surface area contributed by atoms with Gasteiger partial charge in [-0.15, -0.1) is 5.10 Å². The number of hydrogen-bond donors (Lipinski definition) is 4. The zero-order chi connectivity index (χ0) is 18.6. The van der Waals surface area contributed by atoms with Gasteiger partial charge in [-0.25, -0.2) is 15.5 Å². The predicted octanol–water partition coefficient (Wildman–Crippen LogP) is 0.186. The van der Waals surface area contributed by atoms with E-state index in [1.165, 1.54) is 4.68 Å². The molecule has 1 aliphatic rings. The summed E-state index contributed by atoms with van der Waals surface area (Å²) in [5.74, 6) is -0.692. The molecule has 1 saturated heterocycles. The lowest BCUT2D eigenvalue weighted by Gasteiger charge is -2.12. The van der Waals surface area contributed by atoms with E-state index >= 15 is 0 Å². The molecule has 9 nitrogen and oxygen atoms in total. The average molecular weight is 365 g/mol. The van der Waals surface area contributed by atoms with Crippen molar-refractivity contribution < 1.29 is 9.59 Å². The Kier molecular flexibility index (Phi) is 4.77. The number of nitrogens with one attached hydrogen (secondary N) is 4. The molecule has 1 aliphatic heterocycles. The summed E-state index contributed by atoms with van der Waals surface area (Å²) in [6, 6.07) is 16.8. The molecule has 1 fully saturated rings. The van der Waals surface area contributed by atoms with Gasteiger partial charge in [0.25, 0.3) is 11.8 Å². The van der Waals surface area contributed by atoms with Crippen LogP contribution in [0.3, 0.4) is 0 Å². The van der Waals surface area contributed by atoms with E-state index in [2.05, 4.69) is 32.0 Å². The third-order valence-electron chi connectivity index (χ3n) is 4.46. The molecule has 1 aromatic heterocycles. The Labute approximate surface area is 155 Å². The van der Waals surface area contributed by atoms with Crippen LogP contribution >= 0.6 is 0 Å². The van der Waals surface area contributed by atoms with Gasteiger partial charge in [0.2, 0.25) is 0 Å². The quantitative estimate of drug-likeness (QED) is 0.491. The summed E-state index contributed by atoms with van der Waals surface area (Å²) in [4.78, 5) is 24.4. The molecule has 2 atom stereocenters. The summed E-state index contributed by atoms with van der Waals surface area (Å²) in [7, 11) is 0. The molecule has 4 rings (SSSR count). The Balaban J connectivity index is 1.28. The number of hydrazine groups is 2. The van der Waals surface area contributed by atoms with E-state index in [0.29, 0.717) is 11.9 Å². The number of aromatic nitrogens is 3. The third kappa shape index (κ3) is 3.78. The van der Waals surface area contributed by atoms with Crippen molar-refractivity contribution in [1.82, 2.24) is 36.7 Å². The van der Waals surface area contributed by atoms with Gasteiger partial charge in [0.05, 0.1) is 5.52 Å². The minimum Gasteiger partial charge on any atom is -0.271 e. The summed E-state index contributed by atoms with van der Waals surface area (Å²) in [6.07, 6.45) is 0.583. The molecular weight excluding hydrogens is 346 g/mol. The highest BCUT2D eigenvalue weighted by Crippen LogP contribution is 2.21. The summed E-state index contributed by atoms with van der Waals surface area (Å²) in [6.45, 7) is -0.0379. The fourth-order valence-electron chi connectivity index (χ4n) is 3.06. The molecule has 4 N–H and O–H groups in total. The number of hydrogen-bond acceptors (Lipinski definition) is 6. The van der Waals surface area contributed by atoms with Crippen LogP contribution in [0.1, 0.15) is 18.0 Å². The molecule has 2 amide bonds. The summed E-state index contributed by atoms with van der Waals surface area (Å²) < 4.78 is 1.48. The van der Waals surface area contributed by atoms with Crippen molar-refractivity contribution in [3.63, 3.8) is 0 Å². The third-order valence-corrected chi connectivity index (χ3v) is 4.46. The number of carbonyl (C=O) groups is 2. The van der Waals surface area contributed by atoms with Gasteiger partial charge in [-0.05, 0) is 24.1 Å². The zero-order valence-electron chi connectivity index (χ0n) is 14.4. The van der Waals surface area contributed by atoms with Crippen molar-refractivity contribution >= 4 is 22.8 Å². The minimum atomic E-state index is -0.442. The number of amides is 2. The largest absolute Gasteiger partial charge is 0.271 e. The molecule has 2 unspecified atom stereocenters. The van der Waals surface area contributed by atoms with E-state index in [9.17, 15) is 9.59 Å². The molecule has 2 heterocycles. The van der Waals surface area contributed by atoms with Gasteiger partial charge in [-0.3, -0.25) is 20.4 Å². The summed E-state index contributed by atoms with van der Waals surface area (Å²) >= 11 is 0. The number of nitrogens with zero attached hydrogens (tertiary/aromatic N) is 3. The highest BCUT2D eigenvalue weighted by atomic mass is 16.2. The van der Waals surface area contributed by atoms with Gasteiger partial charge in [0.1, 0.15) is 18.1 Å². The van der Waals surface area contributed by atoms with Gasteiger partial charge < -0.3 is 0 Å². The number of carbonyl (C=O) groups excluding carboxylic acids is 2. The molecule has 0 radical (unpaired) electrons. The Morgan fingerprint density at radius 1 is 1.04 bits per heavy atom. The van der Waals surface area contributed by atoms with E-state index in [4.69, 9.17) is 0 Å². The molecule has 2 aromatic carbocycles. The maximum atomic E-state index is 12.3. The predicted molar refractivity (Wildman–Crippen MR) is 97.7 cm³/mol. The maximum Gasteiger partial charge on any atom is 0.260 e. The second kappa shape index (κ2) is 7.52. The van der Waals surface area contributed by atoms with Crippen LogP contribution in [0.4, 0.5) is 0 Å². The van der Waals surface area contributed by atoms with Crippen LogP contribution in [-0.2, 0) is 16.1 Å². The van der Waals surface area contributed by atoms with Crippen molar-refractivity contribution in [2.75, 3.05) is 0 Å². The van der Waals surface area contributed by atoms with Gasteiger partial charge in [0.15, 0.2) is 0 Å². The number of benzene rings is 2. The van der Waals surface area contributed by atoms with Crippen LogP contribution in [0, 0.1) is 0 Å². The Hall–Kier alpha value is -3.30. The molecule has 0 saturated carbocycles. The van der Waals surface area contributed by atoms with Crippen LogP contribution < -0.4 is 21.7 Å². The van der Waals surface area contributed by atoms with Gasteiger partial charge >= 0.3 is 0 Å². The Morgan fingerprint density at radius 2 is 1.81 bits per heavy atom. The van der Waals surface area contributed by atoms with Gasteiger partial charge in [0, 0.05) is 6.04 Å². The van der Waals surface area contributed by atoms with E-state index in [-0.39, 0.29) is 24.4 Å². The van der Waals surface area contributed by atoms with Crippen molar-refractivity contribution in [2.24, 2.45) is 0 Å². The zero-order valence-corrected chi connectivity index (χ0v) is 14.4. The standard InChI is InChI=1S/C18H19N7O2/c26-17(11-25-16-9-5-4-8-13(16)21-24-25)22-23-18(27)15-10-14(19-20-15)12-6-2-1-3-7-12/h1-9,14-15,19-20H,10-11H2,(H,22,26)(H,23,27). The first-order valence-corrected chi connectivity index (χ1v) is 8.63. The van der Waals surface area contributed by atoms with E-state index < -0.39 is 6.04 Å². The molecule has 27 heavy (non-hydrogen) atoms. The van der Waals surface area contributed by atoms with Crippen molar-refractivity contribution in [3.05, 3.63) is 60.2 Å². The van der Waals surface area contributed by atoms with Crippen LogP contribution in [0.25, 0.3) is 11.0 Å². The van der Waals surface area contributed by atoms with Crippen molar-refractivity contribution in [2.45, 2.75) is 25.0 Å². The molecule has 0 spiro atoms. The van der Waals surface area contributed by atoms with E-state index in [1.807, 2.05) is 54.6 Å². The summed E-state index contributed by atoms with van der Waals surface area (Å²) in [5.41, 5.74) is 13.5. The van der Waals surface area contributed by atoms with E-state index in [0.717, 1.165) is 11.1 Å². The lowest BCUT2D eigenvalue weighted by Crippen LogP contribution is -2.50. The first kappa shape index (κ1) is 17.1. The molecule has 138 valence electrons. The van der Waals surface area contributed by atoms with E-state index in [1.54, 1.807) is 0 Å². The van der Waals surface area contributed by atoms with Gasteiger partial charge in [-0.2, -0.15) is 0 Å². The maximum absolute atomic E-state index is 12.3. The summed E-state index contributed by atoms with van der Waals surface area (Å²) in [5, 5.41) is 7.95. The SMILES string of the molecule is O=C(Cn1nnc2ccccc21)NNC(=O)C1CC(c2ccccc2)NN1. The van der Waals surface area contributed by atoms with Crippen LogP contribution in [0.5, 0.6) is 0 Å².